The van der Waals surface area contributed by atoms with Crippen LogP contribution in [0.4, 0.5) is 0 Å². The molecule has 0 amide bonds. The summed E-state index contributed by atoms with van der Waals surface area (Å²) in [4.78, 5) is 16.0. The highest BCUT2D eigenvalue weighted by atomic mass is 16.7. The summed E-state index contributed by atoms with van der Waals surface area (Å²) in [5, 5.41) is 0. The Morgan fingerprint density at radius 2 is 2.00 bits per heavy atom. The van der Waals surface area contributed by atoms with E-state index >= 15 is 0 Å². The summed E-state index contributed by atoms with van der Waals surface area (Å²) in [6.45, 7) is 3.43. The van der Waals surface area contributed by atoms with Crippen molar-refractivity contribution in [1.82, 2.24) is 5.48 Å². The van der Waals surface area contributed by atoms with Gasteiger partial charge in [0.15, 0.2) is 0 Å². The van der Waals surface area contributed by atoms with E-state index in [1.165, 1.54) is 7.11 Å². The summed E-state index contributed by atoms with van der Waals surface area (Å²) in [6, 6.07) is 8.63. The molecule has 0 aliphatic carbocycles. The molecule has 0 atom stereocenters. The number of hydrogen-bond donors (Lipinski definition) is 1. The molecule has 14 heavy (non-hydrogen) atoms. The number of rotatable bonds is 4. The first-order chi connectivity index (χ1) is 6.74. The van der Waals surface area contributed by atoms with Gasteiger partial charge in [0.1, 0.15) is 0 Å². The largest absolute Gasteiger partial charge is 0.481 e. The Kier molecular flexibility index (Phi) is 3.55. The summed E-state index contributed by atoms with van der Waals surface area (Å²) in [5.74, 6) is -0.307. The lowest BCUT2D eigenvalue weighted by Crippen LogP contribution is -2.19. The molecule has 1 rings (SSSR count). The minimum atomic E-state index is -0.483. The topological polar surface area (TPSA) is 47.6 Å². The van der Waals surface area contributed by atoms with E-state index in [-0.39, 0.29) is 5.88 Å². The van der Waals surface area contributed by atoms with Crippen LogP contribution in [0.3, 0.4) is 0 Å². The Hall–Kier alpha value is -1.97. The van der Waals surface area contributed by atoms with Gasteiger partial charge in [-0.1, -0.05) is 18.2 Å². The predicted octanol–water partition coefficient (Wildman–Crippen LogP) is 1.47. The number of carbonyl (C=O) groups is 1. The van der Waals surface area contributed by atoms with Gasteiger partial charge in [0.05, 0.1) is 12.7 Å². The fraction of sp³-hybridized carbons (Fsp3) is 0.100. The van der Waals surface area contributed by atoms with Gasteiger partial charge in [-0.3, -0.25) is 0 Å². The molecule has 1 aromatic carbocycles. The van der Waals surface area contributed by atoms with Crippen molar-refractivity contribution in [3.8, 4) is 0 Å². The third kappa shape index (κ3) is 2.82. The second kappa shape index (κ2) is 4.91. The van der Waals surface area contributed by atoms with E-state index in [9.17, 15) is 4.79 Å². The van der Waals surface area contributed by atoms with Crippen molar-refractivity contribution in [2.45, 2.75) is 0 Å². The van der Waals surface area contributed by atoms with Crippen LogP contribution in [0.5, 0.6) is 0 Å². The van der Waals surface area contributed by atoms with Gasteiger partial charge < -0.3 is 9.57 Å². The molecule has 0 heterocycles. The number of nitrogens with one attached hydrogen (secondary N) is 1. The van der Waals surface area contributed by atoms with E-state index in [1.807, 2.05) is 6.07 Å². The highest BCUT2D eigenvalue weighted by molar-refractivity contribution is 5.89. The summed E-state index contributed by atoms with van der Waals surface area (Å²) in [7, 11) is 1.42. The Bertz CT molecular complexity index is 321. The quantitative estimate of drug-likeness (QED) is 0.581. The van der Waals surface area contributed by atoms with Gasteiger partial charge in [-0.05, 0) is 18.7 Å². The van der Waals surface area contributed by atoms with Crippen molar-refractivity contribution in [3.05, 3.63) is 48.4 Å². The molecule has 0 aromatic heterocycles. The molecule has 4 heteroatoms. The summed E-state index contributed by atoms with van der Waals surface area (Å²) < 4.78 is 4.65. The molecule has 0 aliphatic rings. The van der Waals surface area contributed by atoms with Gasteiger partial charge in [0.2, 0.25) is 5.88 Å². The Morgan fingerprint density at radius 3 is 2.57 bits per heavy atom. The Morgan fingerprint density at radius 1 is 1.36 bits per heavy atom. The molecule has 0 radical (unpaired) electrons. The number of carbonyl (C=O) groups excluding carboxylic acids is 1. The molecule has 0 spiro atoms. The first-order valence-electron chi connectivity index (χ1n) is 3.99. The monoisotopic (exact) mass is 193 g/mol. The van der Waals surface area contributed by atoms with Crippen molar-refractivity contribution in [2.75, 3.05) is 7.11 Å². The molecular weight excluding hydrogens is 182 g/mol. The van der Waals surface area contributed by atoms with E-state index < -0.39 is 5.97 Å². The molecule has 74 valence electrons. The SMILES string of the molecule is C=C(NOC(=O)c1ccccc1)OC. The minimum absolute atomic E-state index is 0.175. The van der Waals surface area contributed by atoms with Crippen LogP contribution in [-0.4, -0.2) is 13.1 Å². The summed E-state index contributed by atoms with van der Waals surface area (Å²) >= 11 is 0. The minimum Gasteiger partial charge on any atom is -0.481 e. The van der Waals surface area contributed by atoms with E-state index in [0.717, 1.165) is 0 Å². The van der Waals surface area contributed by atoms with E-state index in [4.69, 9.17) is 0 Å². The fourth-order valence-corrected chi connectivity index (χ4v) is 0.778. The van der Waals surface area contributed by atoms with Gasteiger partial charge in [-0.15, -0.1) is 0 Å². The molecule has 0 aliphatic heterocycles. The van der Waals surface area contributed by atoms with E-state index in [0.29, 0.717) is 5.56 Å². The average Bonchev–Trinajstić information content (AvgIpc) is 2.26. The maximum atomic E-state index is 11.3. The highest BCUT2D eigenvalue weighted by Crippen LogP contribution is 2.00. The standard InChI is InChI=1S/C10H11NO3/c1-8(13-2)11-14-10(12)9-6-4-3-5-7-9/h3-7,11H,1H2,2H3. The molecule has 0 unspecified atom stereocenters. The van der Waals surface area contributed by atoms with Crippen molar-refractivity contribution in [3.63, 3.8) is 0 Å². The van der Waals surface area contributed by atoms with Gasteiger partial charge >= 0.3 is 5.97 Å². The number of methoxy groups -OCH3 is 1. The van der Waals surface area contributed by atoms with Crippen LogP contribution in [0.15, 0.2) is 42.8 Å². The van der Waals surface area contributed by atoms with Crippen molar-refractivity contribution >= 4 is 5.97 Å². The Balaban J connectivity index is 2.48. The molecule has 0 saturated heterocycles. The smallest absolute Gasteiger partial charge is 0.362 e. The lowest BCUT2D eigenvalue weighted by molar-refractivity contribution is 0.0191. The molecule has 4 nitrogen and oxygen atoms in total. The second-order valence-electron chi connectivity index (χ2n) is 2.48. The van der Waals surface area contributed by atoms with E-state index in [1.54, 1.807) is 24.3 Å². The lowest BCUT2D eigenvalue weighted by Gasteiger charge is -2.07. The van der Waals surface area contributed by atoms with Crippen molar-refractivity contribution in [2.24, 2.45) is 0 Å². The number of ether oxygens (including phenoxy) is 1. The molecule has 0 fully saturated rings. The van der Waals surface area contributed by atoms with Crippen molar-refractivity contribution in [1.29, 1.82) is 0 Å². The van der Waals surface area contributed by atoms with Gasteiger partial charge in [0.25, 0.3) is 0 Å². The Labute approximate surface area is 82.1 Å². The van der Waals surface area contributed by atoms with Crippen LogP contribution in [0.2, 0.25) is 0 Å². The van der Waals surface area contributed by atoms with Crippen LogP contribution in [0, 0.1) is 0 Å². The van der Waals surface area contributed by atoms with Crippen LogP contribution in [0.25, 0.3) is 0 Å². The second-order valence-corrected chi connectivity index (χ2v) is 2.48. The molecule has 0 saturated carbocycles. The molecular formula is C10H11NO3. The van der Waals surface area contributed by atoms with Gasteiger partial charge in [-0.25, -0.2) is 4.79 Å². The first-order valence-corrected chi connectivity index (χ1v) is 3.99. The van der Waals surface area contributed by atoms with Crippen LogP contribution in [-0.2, 0) is 9.57 Å². The third-order valence-electron chi connectivity index (χ3n) is 1.51. The number of benzene rings is 1. The zero-order chi connectivity index (χ0) is 10.4. The first kappa shape index (κ1) is 10.1. The molecule has 1 N–H and O–H groups in total. The maximum Gasteiger partial charge on any atom is 0.362 e. The van der Waals surface area contributed by atoms with Crippen molar-refractivity contribution < 1.29 is 14.4 Å². The number of hydrogen-bond acceptors (Lipinski definition) is 4. The maximum absolute atomic E-state index is 11.3. The average molecular weight is 193 g/mol. The van der Waals surface area contributed by atoms with E-state index in [2.05, 4.69) is 21.6 Å². The zero-order valence-electron chi connectivity index (χ0n) is 7.82. The summed E-state index contributed by atoms with van der Waals surface area (Å²) in [5.41, 5.74) is 2.73. The molecule has 1 aromatic rings. The fourth-order valence-electron chi connectivity index (χ4n) is 0.778. The highest BCUT2D eigenvalue weighted by Gasteiger charge is 2.05. The van der Waals surface area contributed by atoms with Gasteiger partial charge in [0, 0.05) is 0 Å². The number of hydroxylamine groups is 1. The predicted molar refractivity (Wildman–Crippen MR) is 51.1 cm³/mol. The summed E-state index contributed by atoms with van der Waals surface area (Å²) in [6.07, 6.45) is 0. The van der Waals surface area contributed by atoms with Crippen LogP contribution in [0.1, 0.15) is 10.4 Å². The third-order valence-corrected chi connectivity index (χ3v) is 1.51. The normalized spacial score (nSPS) is 8.93. The van der Waals surface area contributed by atoms with Crippen LogP contribution >= 0.6 is 0 Å². The lowest BCUT2D eigenvalue weighted by atomic mass is 10.2. The van der Waals surface area contributed by atoms with Gasteiger partial charge in [-0.2, -0.15) is 5.48 Å². The van der Waals surface area contributed by atoms with Crippen LogP contribution < -0.4 is 5.48 Å². The molecule has 0 bridgehead atoms. The zero-order valence-corrected chi connectivity index (χ0v) is 7.82.